The molecule has 0 atom stereocenters. The van der Waals surface area contributed by atoms with Gasteiger partial charge in [0, 0.05) is 22.5 Å². The topological polar surface area (TPSA) is 50.8 Å². The van der Waals surface area contributed by atoms with Gasteiger partial charge in [-0.1, -0.05) is 146 Å². The van der Waals surface area contributed by atoms with Crippen LogP contribution in [0.5, 0.6) is 0 Å². The van der Waals surface area contributed by atoms with Crippen LogP contribution >= 0.6 is 0 Å². The van der Waals surface area contributed by atoms with E-state index in [0.29, 0.717) is 27.9 Å². The van der Waals surface area contributed by atoms with Crippen molar-refractivity contribution in [2.45, 2.75) is 0 Å². The highest BCUT2D eigenvalue weighted by Crippen LogP contribution is 2.50. The highest BCUT2D eigenvalue weighted by atomic mass is 19.1. The first kappa shape index (κ1) is 29.9. The molecule has 7 aromatic rings. The lowest BCUT2D eigenvalue weighted by molar-refractivity contribution is 0.621. The number of halogens is 1. The first-order valence-corrected chi connectivity index (χ1v) is 15.6. The third-order valence-corrected chi connectivity index (χ3v) is 8.45. The molecule has 0 unspecified atom stereocenters. The smallest absolute Gasteiger partial charge is 0.160 e. The number of benzene rings is 7. The molecule has 0 aliphatic carbocycles. The molecular weight excluding hydrogens is 590 g/mol. The average Bonchev–Trinajstić information content (AvgIpc) is 3.17. The van der Waals surface area contributed by atoms with Crippen LogP contribution in [-0.2, 0) is 0 Å². The van der Waals surface area contributed by atoms with Gasteiger partial charge in [-0.3, -0.25) is 0 Å². The maximum atomic E-state index is 16.4. The van der Waals surface area contributed by atoms with Crippen LogP contribution in [0, 0.1) is 28.5 Å². The molecule has 0 aliphatic heterocycles. The highest BCUT2D eigenvalue weighted by Gasteiger charge is 2.31. The van der Waals surface area contributed by atoms with Gasteiger partial charge in [-0.25, -0.2) is 4.39 Å². The van der Waals surface area contributed by atoms with Crippen molar-refractivity contribution in [1.82, 2.24) is 0 Å². The fraction of sp³-hybridized carbons (Fsp3) is 0. The van der Waals surface area contributed by atoms with E-state index in [4.69, 9.17) is 0 Å². The van der Waals surface area contributed by atoms with Crippen LogP contribution in [0.15, 0.2) is 170 Å². The Hall–Kier alpha value is -6.75. The summed E-state index contributed by atoms with van der Waals surface area (Å²) < 4.78 is 16.4. The summed E-state index contributed by atoms with van der Waals surface area (Å²) in [5.41, 5.74) is 8.15. The van der Waals surface area contributed by atoms with Crippen LogP contribution in [0.2, 0.25) is 0 Å². The van der Waals surface area contributed by atoms with E-state index >= 15 is 4.39 Å². The van der Waals surface area contributed by atoms with Crippen molar-refractivity contribution in [3.8, 4) is 56.6 Å². The van der Waals surface area contributed by atoms with Gasteiger partial charge in [0.25, 0.3) is 0 Å². The Kier molecular flexibility index (Phi) is 8.30. The molecule has 3 nitrogen and oxygen atoms in total. The standard InChI is InChI=1S/C44H28FN3/c45-43-39(29-46)41(35-17-9-3-10-18-35)44(42(40(43)30-47)36-19-11-4-12-20-36)48(37-25-21-33(22-26-37)31-13-5-1-6-14-31)38-27-23-34(24-28-38)32-15-7-2-8-16-32/h1-28H. The van der Waals surface area contributed by atoms with E-state index in [1.807, 2.05) is 126 Å². The lowest BCUT2D eigenvalue weighted by atomic mass is 9.87. The Balaban J connectivity index is 1.57. The zero-order chi connectivity index (χ0) is 32.9. The number of nitrogens with zero attached hydrogens (tertiary/aromatic N) is 3. The maximum absolute atomic E-state index is 16.4. The Morgan fingerprint density at radius 2 is 0.667 bits per heavy atom. The third-order valence-electron chi connectivity index (χ3n) is 8.45. The molecule has 0 bridgehead atoms. The van der Waals surface area contributed by atoms with Crippen LogP contribution in [0.1, 0.15) is 11.1 Å². The number of anilines is 3. The molecule has 0 N–H and O–H groups in total. The Morgan fingerprint density at radius 1 is 0.375 bits per heavy atom. The summed E-state index contributed by atoms with van der Waals surface area (Å²) in [5.74, 6) is -0.833. The SMILES string of the molecule is N#Cc1c(F)c(C#N)c(-c2ccccc2)c(N(c2ccc(-c3ccccc3)cc2)c2ccc(-c3ccccc3)cc2)c1-c1ccccc1. The van der Waals surface area contributed by atoms with Gasteiger partial charge in [-0.15, -0.1) is 0 Å². The van der Waals surface area contributed by atoms with Crippen molar-refractivity contribution < 1.29 is 4.39 Å². The molecule has 0 aromatic heterocycles. The van der Waals surface area contributed by atoms with E-state index in [0.717, 1.165) is 33.6 Å². The first-order chi connectivity index (χ1) is 23.7. The van der Waals surface area contributed by atoms with Crippen molar-refractivity contribution in [1.29, 1.82) is 10.5 Å². The molecule has 0 amide bonds. The van der Waals surface area contributed by atoms with Gasteiger partial charge in [-0.2, -0.15) is 10.5 Å². The highest BCUT2D eigenvalue weighted by molar-refractivity contribution is 6.02. The lowest BCUT2D eigenvalue weighted by Gasteiger charge is -2.32. The van der Waals surface area contributed by atoms with E-state index in [1.54, 1.807) is 0 Å². The van der Waals surface area contributed by atoms with Crippen LogP contribution < -0.4 is 4.90 Å². The molecule has 0 aliphatic rings. The number of nitriles is 2. The second-order valence-electron chi connectivity index (χ2n) is 11.3. The van der Waals surface area contributed by atoms with Crippen molar-refractivity contribution in [3.63, 3.8) is 0 Å². The zero-order valence-electron chi connectivity index (χ0n) is 25.9. The second-order valence-corrected chi connectivity index (χ2v) is 11.3. The molecule has 0 saturated heterocycles. The summed E-state index contributed by atoms with van der Waals surface area (Å²) in [5, 5.41) is 21.0. The quantitative estimate of drug-likeness (QED) is 0.179. The van der Waals surface area contributed by atoms with Crippen LogP contribution in [0.3, 0.4) is 0 Å². The van der Waals surface area contributed by atoms with Gasteiger partial charge in [0.05, 0.1) is 16.8 Å². The normalized spacial score (nSPS) is 10.6. The van der Waals surface area contributed by atoms with Gasteiger partial charge in [0.2, 0.25) is 0 Å². The van der Waals surface area contributed by atoms with Crippen molar-refractivity contribution in [2.75, 3.05) is 4.90 Å². The predicted octanol–water partition coefficient (Wildman–Crippen LogP) is 11.7. The molecule has 0 radical (unpaired) electrons. The van der Waals surface area contributed by atoms with Gasteiger partial charge < -0.3 is 4.90 Å². The van der Waals surface area contributed by atoms with Gasteiger partial charge in [-0.05, 0) is 57.6 Å². The number of hydrogen-bond donors (Lipinski definition) is 0. The molecular formula is C44H28FN3. The largest absolute Gasteiger partial charge is 0.309 e. The molecule has 0 saturated carbocycles. The summed E-state index contributed by atoms with van der Waals surface area (Å²) >= 11 is 0. The van der Waals surface area contributed by atoms with Crippen LogP contribution in [-0.4, -0.2) is 0 Å². The van der Waals surface area contributed by atoms with E-state index < -0.39 is 5.82 Å². The summed E-state index contributed by atoms with van der Waals surface area (Å²) in [7, 11) is 0. The van der Waals surface area contributed by atoms with Crippen molar-refractivity contribution in [2.24, 2.45) is 0 Å². The van der Waals surface area contributed by atoms with Gasteiger partial charge in [0.1, 0.15) is 12.1 Å². The van der Waals surface area contributed by atoms with E-state index in [2.05, 4.69) is 60.7 Å². The molecule has 7 rings (SSSR count). The van der Waals surface area contributed by atoms with E-state index in [9.17, 15) is 10.5 Å². The number of hydrogen-bond acceptors (Lipinski definition) is 3. The summed E-state index contributed by atoms with van der Waals surface area (Å²) in [6.45, 7) is 0. The van der Waals surface area contributed by atoms with Crippen LogP contribution in [0.4, 0.5) is 21.5 Å². The summed E-state index contributed by atoms with van der Waals surface area (Å²) in [6, 6.07) is 59.6. The minimum Gasteiger partial charge on any atom is -0.309 e. The molecule has 7 aromatic carbocycles. The monoisotopic (exact) mass is 617 g/mol. The third kappa shape index (κ3) is 5.60. The Morgan fingerprint density at radius 3 is 0.979 bits per heavy atom. The lowest BCUT2D eigenvalue weighted by Crippen LogP contribution is -2.15. The predicted molar refractivity (Wildman–Crippen MR) is 192 cm³/mol. The minimum absolute atomic E-state index is 0.181. The van der Waals surface area contributed by atoms with Gasteiger partial charge in [0.15, 0.2) is 5.82 Å². The van der Waals surface area contributed by atoms with Crippen LogP contribution in [0.25, 0.3) is 44.5 Å². The molecule has 0 spiro atoms. The zero-order valence-corrected chi connectivity index (χ0v) is 25.9. The van der Waals surface area contributed by atoms with Crippen molar-refractivity contribution in [3.05, 3.63) is 187 Å². The van der Waals surface area contributed by atoms with Crippen molar-refractivity contribution >= 4 is 17.1 Å². The second kappa shape index (κ2) is 13.3. The maximum Gasteiger partial charge on any atom is 0.160 e. The van der Waals surface area contributed by atoms with E-state index in [-0.39, 0.29) is 11.1 Å². The average molecular weight is 618 g/mol. The van der Waals surface area contributed by atoms with E-state index in [1.165, 1.54) is 0 Å². The first-order valence-electron chi connectivity index (χ1n) is 15.6. The minimum atomic E-state index is -0.833. The summed E-state index contributed by atoms with van der Waals surface area (Å²) in [6.07, 6.45) is 0. The molecule has 226 valence electrons. The molecule has 4 heteroatoms. The fourth-order valence-corrected chi connectivity index (χ4v) is 6.19. The molecule has 48 heavy (non-hydrogen) atoms. The molecule has 0 fully saturated rings. The van der Waals surface area contributed by atoms with Gasteiger partial charge >= 0.3 is 0 Å². The summed E-state index contributed by atoms with van der Waals surface area (Å²) in [4.78, 5) is 2.04. The molecule has 0 heterocycles. The fourth-order valence-electron chi connectivity index (χ4n) is 6.19. The Labute approximate surface area is 279 Å². The number of rotatable bonds is 7. The Bertz CT molecular complexity index is 2110.